The summed E-state index contributed by atoms with van der Waals surface area (Å²) in [6.45, 7) is 7.50. The van der Waals surface area contributed by atoms with Crippen LogP contribution in [0.15, 0.2) is 36.2 Å². The Morgan fingerprint density at radius 1 is 1.54 bits per heavy atom. The average Bonchev–Trinajstić information content (AvgIpc) is 2.16. The molecule has 0 aliphatic carbocycles. The molecule has 0 saturated carbocycles. The molecule has 0 saturated heterocycles. The summed E-state index contributed by atoms with van der Waals surface area (Å²) >= 11 is 0. The Morgan fingerprint density at radius 2 is 2.31 bits per heavy atom. The van der Waals surface area contributed by atoms with Crippen molar-refractivity contribution < 1.29 is 0 Å². The molecule has 0 radical (unpaired) electrons. The van der Waals surface area contributed by atoms with Crippen molar-refractivity contribution in [1.29, 1.82) is 0 Å². The lowest BCUT2D eigenvalue weighted by atomic mass is 10.3. The summed E-state index contributed by atoms with van der Waals surface area (Å²) in [5.41, 5.74) is 1.13. The van der Waals surface area contributed by atoms with Crippen molar-refractivity contribution in [2.45, 2.75) is 13.8 Å². The number of pyridine rings is 1. The number of aryl methyl sites for hydroxylation is 1. The molecule has 3 nitrogen and oxygen atoms in total. The maximum atomic E-state index is 4.21. The molecule has 0 spiro atoms. The van der Waals surface area contributed by atoms with Gasteiger partial charge in [-0.05, 0) is 25.5 Å². The van der Waals surface area contributed by atoms with Gasteiger partial charge >= 0.3 is 0 Å². The van der Waals surface area contributed by atoms with Crippen molar-refractivity contribution in [3.63, 3.8) is 0 Å². The molecular weight excluding hydrogens is 162 g/mol. The molecule has 0 unspecified atom stereocenters. The third-order valence-electron chi connectivity index (χ3n) is 1.54. The standard InChI is InChI=1S/C10H13N3/c1-4-12-13(5-2)10-7-6-9(3)8-11-10/h4-8H,2H2,1,3H3/b12-4-. The first-order chi connectivity index (χ1) is 6.27. The zero-order chi connectivity index (χ0) is 9.68. The molecule has 13 heavy (non-hydrogen) atoms. The van der Waals surface area contributed by atoms with E-state index in [0.717, 1.165) is 11.4 Å². The molecule has 0 amide bonds. The van der Waals surface area contributed by atoms with Crippen LogP contribution in [-0.2, 0) is 0 Å². The zero-order valence-electron chi connectivity index (χ0n) is 7.94. The molecule has 0 atom stereocenters. The number of hydrogen-bond acceptors (Lipinski definition) is 3. The van der Waals surface area contributed by atoms with Crippen LogP contribution in [0.25, 0.3) is 0 Å². The van der Waals surface area contributed by atoms with Gasteiger partial charge in [-0.15, -0.1) is 0 Å². The molecule has 0 aliphatic rings. The molecule has 3 heteroatoms. The van der Waals surface area contributed by atoms with Crippen LogP contribution in [0.4, 0.5) is 5.82 Å². The molecule has 1 heterocycles. The van der Waals surface area contributed by atoms with Crippen LogP contribution in [0.3, 0.4) is 0 Å². The van der Waals surface area contributed by atoms with E-state index >= 15 is 0 Å². The Morgan fingerprint density at radius 3 is 2.77 bits per heavy atom. The van der Waals surface area contributed by atoms with Gasteiger partial charge in [0.25, 0.3) is 0 Å². The van der Waals surface area contributed by atoms with E-state index in [1.165, 1.54) is 0 Å². The Kier molecular flexibility index (Phi) is 3.20. The van der Waals surface area contributed by atoms with E-state index in [0.29, 0.717) is 0 Å². The Hall–Kier alpha value is -1.64. The molecule has 1 aromatic heterocycles. The zero-order valence-corrected chi connectivity index (χ0v) is 7.94. The van der Waals surface area contributed by atoms with Crippen molar-refractivity contribution in [1.82, 2.24) is 4.98 Å². The summed E-state index contributed by atoms with van der Waals surface area (Å²) in [5, 5.41) is 5.69. The highest BCUT2D eigenvalue weighted by Crippen LogP contribution is 2.10. The second-order valence-electron chi connectivity index (χ2n) is 2.59. The first-order valence-electron chi connectivity index (χ1n) is 4.11. The lowest BCUT2D eigenvalue weighted by Crippen LogP contribution is -2.08. The maximum absolute atomic E-state index is 4.21. The number of nitrogens with zero attached hydrogens (tertiary/aromatic N) is 3. The van der Waals surface area contributed by atoms with E-state index < -0.39 is 0 Å². The smallest absolute Gasteiger partial charge is 0.153 e. The number of aromatic nitrogens is 1. The van der Waals surface area contributed by atoms with Gasteiger partial charge in [-0.25, -0.2) is 9.99 Å². The van der Waals surface area contributed by atoms with Crippen LogP contribution >= 0.6 is 0 Å². The van der Waals surface area contributed by atoms with Gasteiger partial charge in [0, 0.05) is 18.6 Å². The van der Waals surface area contributed by atoms with E-state index in [4.69, 9.17) is 0 Å². The molecule has 1 aromatic rings. The maximum Gasteiger partial charge on any atom is 0.153 e. The van der Waals surface area contributed by atoms with E-state index in [2.05, 4.69) is 16.7 Å². The van der Waals surface area contributed by atoms with Gasteiger partial charge in [0.2, 0.25) is 0 Å². The molecule has 0 bridgehead atoms. The van der Waals surface area contributed by atoms with Crippen molar-refractivity contribution in [3.8, 4) is 0 Å². The van der Waals surface area contributed by atoms with E-state index in [1.807, 2.05) is 26.0 Å². The van der Waals surface area contributed by atoms with Crippen LogP contribution in [0.1, 0.15) is 12.5 Å². The summed E-state index contributed by atoms with van der Waals surface area (Å²) in [6.07, 6.45) is 5.12. The summed E-state index contributed by atoms with van der Waals surface area (Å²) in [7, 11) is 0. The lowest BCUT2D eigenvalue weighted by Gasteiger charge is -2.11. The van der Waals surface area contributed by atoms with Crippen molar-refractivity contribution >= 4 is 12.0 Å². The van der Waals surface area contributed by atoms with Gasteiger partial charge in [0.05, 0.1) is 0 Å². The summed E-state index contributed by atoms with van der Waals surface area (Å²) < 4.78 is 0. The summed E-state index contributed by atoms with van der Waals surface area (Å²) in [5.74, 6) is 0.777. The van der Waals surface area contributed by atoms with E-state index in [-0.39, 0.29) is 0 Å². The fourth-order valence-electron chi connectivity index (χ4n) is 0.920. The van der Waals surface area contributed by atoms with Crippen LogP contribution in [0.5, 0.6) is 0 Å². The Bertz CT molecular complexity index is 300. The lowest BCUT2D eigenvalue weighted by molar-refractivity contribution is 1.03. The first-order valence-corrected chi connectivity index (χ1v) is 4.11. The highest BCUT2D eigenvalue weighted by molar-refractivity contribution is 5.57. The largest absolute Gasteiger partial charge is 0.237 e. The third kappa shape index (κ3) is 2.40. The van der Waals surface area contributed by atoms with Gasteiger partial charge in [-0.1, -0.05) is 12.6 Å². The summed E-state index contributed by atoms with van der Waals surface area (Å²) in [6, 6.07) is 3.90. The SMILES string of the molecule is C=CN(/N=C\C)c1ccc(C)cn1. The molecule has 0 fully saturated rings. The minimum atomic E-state index is 0.777. The van der Waals surface area contributed by atoms with Crippen LogP contribution in [0.2, 0.25) is 0 Å². The van der Waals surface area contributed by atoms with Gasteiger partial charge in [-0.3, -0.25) is 0 Å². The highest BCUT2D eigenvalue weighted by atomic mass is 15.5. The molecule has 0 aromatic carbocycles. The van der Waals surface area contributed by atoms with Crippen LogP contribution < -0.4 is 5.01 Å². The fourth-order valence-corrected chi connectivity index (χ4v) is 0.920. The number of rotatable bonds is 3. The first kappa shape index (κ1) is 9.45. The molecule has 0 N–H and O–H groups in total. The minimum absolute atomic E-state index is 0.777. The quantitative estimate of drug-likeness (QED) is 0.521. The molecular formula is C10H13N3. The van der Waals surface area contributed by atoms with Crippen LogP contribution in [0, 0.1) is 6.92 Å². The second kappa shape index (κ2) is 4.40. The minimum Gasteiger partial charge on any atom is -0.237 e. The Labute approximate surface area is 78.4 Å². The third-order valence-corrected chi connectivity index (χ3v) is 1.54. The predicted molar refractivity (Wildman–Crippen MR) is 55.8 cm³/mol. The number of hydrogen-bond donors (Lipinski definition) is 0. The fraction of sp³-hybridized carbons (Fsp3) is 0.200. The number of hydrazone groups is 1. The van der Waals surface area contributed by atoms with Crippen LogP contribution in [-0.4, -0.2) is 11.2 Å². The van der Waals surface area contributed by atoms with Crippen molar-refractivity contribution in [2.24, 2.45) is 5.10 Å². The second-order valence-corrected chi connectivity index (χ2v) is 2.59. The van der Waals surface area contributed by atoms with Gasteiger partial charge in [0.15, 0.2) is 5.82 Å². The van der Waals surface area contributed by atoms with Gasteiger partial charge in [-0.2, -0.15) is 5.10 Å². The van der Waals surface area contributed by atoms with E-state index in [1.54, 1.807) is 23.6 Å². The summed E-state index contributed by atoms with van der Waals surface area (Å²) in [4.78, 5) is 4.21. The molecule has 68 valence electrons. The van der Waals surface area contributed by atoms with Gasteiger partial charge in [0.1, 0.15) is 0 Å². The molecule has 1 rings (SSSR count). The normalized spacial score (nSPS) is 10.3. The van der Waals surface area contributed by atoms with Gasteiger partial charge < -0.3 is 0 Å². The average molecular weight is 175 g/mol. The molecule has 0 aliphatic heterocycles. The topological polar surface area (TPSA) is 28.5 Å². The highest BCUT2D eigenvalue weighted by Gasteiger charge is 1.99. The number of anilines is 1. The monoisotopic (exact) mass is 175 g/mol. The van der Waals surface area contributed by atoms with Crippen molar-refractivity contribution in [3.05, 3.63) is 36.7 Å². The Balaban J connectivity index is 2.91. The predicted octanol–water partition coefficient (Wildman–Crippen LogP) is 2.35. The van der Waals surface area contributed by atoms with E-state index in [9.17, 15) is 0 Å². The van der Waals surface area contributed by atoms with Crippen molar-refractivity contribution in [2.75, 3.05) is 5.01 Å².